The molecule has 0 bridgehead atoms. The molecule has 0 spiro atoms. The van der Waals surface area contributed by atoms with E-state index in [2.05, 4.69) is 26.1 Å². The van der Waals surface area contributed by atoms with Crippen molar-refractivity contribution in [2.45, 2.75) is 37.5 Å². The first-order chi connectivity index (χ1) is 9.43. The summed E-state index contributed by atoms with van der Waals surface area (Å²) in [5, 5.41) is 3.07. The van der Waals surface area contributed by atoms with Crippen LogP contribution in [-0.4, -0.2) is 30.1 Å². The van der Waals surface area contributed by atoms with Crippen LogP contribution in [0.2, 0.25) is 0 Å². The van der Waals surface area contributed by atoms with E-state index in [9.17, 15) is 13.2 Å². The molecule has 0 aromatic heterocycles. The van der Waals surface area contributed by atoms with E-state index in [1.807, 2.05) is 0 Å². The number of nitrogens with one attached hydrogen (secondary N) is 1. The quantitative estimate of drug-likeness (QED) is 0.883. The van der Waals surface area contributed by atoms with Crippen molar-refractivity contribution >= 4 is 21.6 Å². The van der Waals surface area contributed by atoms with Gasteiger partial charge in [0.05, 0.1) is 5.56 Å². The van der Waals surface area contributed by atoms with Crippen LogP contribution in [0.1, 0.15) is 24.8 Å². The molecule has 0 amide bonds. The predicted molar refractivity (Wildman–Crippen MR) is 75.8 cm³/mol. The highest BCUT2D eigenvalue weighted by Crippen LogP contribution is 2.38. The number of alkyl halides is 3. The van der Waals surface area contributed by atoms with Crippen LogP contribution in [0, 0.1) is 0 Å². The number of halogens is 4. The topological polar surface area (TPSA) is 15.3 Å². The second kappa shape index (κ2) is 5.22. The smallest absolute Gasteiger partial charge is 0.380 e. The molecule has 2 fully saturated rings. The molecule has 1 saturated carbocycles. The summed E-state index contributed by atoms with van der Waals surface area (Å²) in [6.07, 6.45) is -0.956. The largest absolute Gasteiger partial charge is 0.418 e. The van der Waals surface area contributed by atoms with Crippen LogP contribution in [0.4, 0.5) is 18.9 Å². The first kappa shape index (κ1) is 14.2. The highest BCUT2D eigenvalue weighted by atomic mass is 79.9. The number of benzene rings is 1. The van der Waals surface area contributed by atoms with Crippen LogP contribution < -0.4 is 5.32 Å². The van der Waals surface area contributed by atoms with Crippen LogP contribution in [-0.2, 0) is 6.18 Å². The van der Waals surface area contributed by atoms with Crippen molar-refractivity contribution in [2.24, 2.45) is 0 Å². The lowest BCUT2D eigenvalue weighted by atomic mass is 10.1. The van der Waals surface area contributed by atoms with E-state index in [1.165, 1.54) is 18.9 Å². The first-order valence-electron chi connectivity index (χ1n) is 6.81. The molecule has 2 aliphatic rings. The zero-order chi connectivity index (χ0) is 14.3. The average Bonchev–Trinajstić information content (AvgIpc) is 3.11. The normalized spacial score (nSPS) is 24.1. The molecule has 1 N–H and O–H groups in total. The van der Waals surface area contributed by atoms with Crippen LogP contribution in [0.5, 0.6) is 0 Å². The molecule has 3 rings (SSSR count). The van der Waals surface area contributed by atoms with Gasteiger partial charge in [-0.05, 0) is 37.5 Å². The van der Waals surface area contributed by atoms with Gasteiger partial charge in [0.1, 0.15) is 0 Å². The Bertz CT molecular complexity index is 500. The molecular formula is C14H16BrF3N2. The van der Waals surface area contributed by atoms with Crippen molar-refractivity contribution in [3.05, 3.63) is 28.2 Å². The van der Waals surface area contributed by atoms with E-state index < -0.39 is 11.7 Å². The Morgan fingerprint density at radius 3 is 2.60 bits per heavy atom. The van der Waals surface area contributed by atoms with E-state index in [0.717, 1.165) is 25.6 Å². The van der Waals surface area contributed by atoms with Gasteiger partial charge in [0.15, 0.2) is 0 Å². The maximum Gasteiger partial charge on any atom is 0.418 e. The average molecular weight is 349 g/mol. The van der Waals surface area contributed by atoms with Gasteiger partial charge in [-0.25, -0.2) is 0 Å². The third kappa shape index (κ3) is 3.11. The molecule has 1 saturated heterocycles. The zero-order valence-corrected chi connectivity index (χ0v) is 12.5. The maximum absolute atomic E-state index is 13.0. The summed E-state index contributed by atoms with van der Waals surface area (Å²) in [6, 6.07) is 5.07. The van der Waals surface area contributed by atoms with Crippen LogP contribution in [0.25, 0.3) is 0 Å². The Hall–Kier alpha value is -0.750. The van der Waals surface area contributed by atoms with E-state index in [0.29, 0.717) is 10.5 Å². The Morgan fingerprint density at radius 2 is 1.95 bits per heavy atom. The van der Waals surface area contributed by atoms with E-state index in [1.54, 1.807) is 6.07 Å². The highest BCUT2D eigenvalue weighted by Gasteiger charge is 2.37. The third-order valence-corrected chi connectivity index (χ3v) is 4.42. The lowest BCUT2D eigenvalue weighted by Gasteiger charge is -2.20. The molecule has 6 heteroatoms. The fourth-order valence-corrected chi connectivity index (χ4v) is 3.13. The molecule has 2 nitrogen and oxygen atoms in total. The number of rotatable bonds is 3. The molecular weight excluding hydrogens is 333 g/mol. The molecule has 0 radical (unpaired) electrons. The highest BCUT2D eigenvalue weighted by molar-refractivity contribution is 9.10. The standard InChI is InChI=1S/C14H16BrF3N2/c15-9-1-4-13(12(7-9)14(16,17)18)19-10-5-6-20(8-10)11-2-3-11/h1,4,7,10-11,19H,2-3,5-6,8H2. The number of hydrogen-bond acceptors (Lipinski definition) is 2. The predicted octanol–water partition coefficient (Wildman–Crippen LogP) is 4.12. The zero-order valence-electron chi connectivity index (χ0n) is 10.9. The van der Waals surface area contributed by atoms with Crippen LogP contribution in [0.15, 0.2) is 22.7 Å². The summed E-state index contributed by atoms with van der Waals surface area (Å²) < 4.78 is 39.6. The minimum Gasteiger partial charge on any atom is -0.380 e. The fraction of sp³-hybridized carbons (Fsp3) is 0.571. The van der Waals surface area contributed by atoms with Gasteiger partial charge < -0.3 is 5.32 Å². The first-order valence-corrected chi connectivity index (χ1v) is 7.60. The second-order valence-corrected chi connectivity index (χ2v) is 6.46. The summed E-state index contributed by atoms with van der Waals surface area (Å²) in [6.45, 7) is 1.83. The van der Waals surface area contributed by atoms with Gasteiger partial charge in [-0.1, -0.05) is 15.9 Å². The summed E-state index contributed by atoms with van der Waals surface area (Å²) >= 11 is 3.10. The molecule has 1 unspecified atom stereocenters. The number of likely N-dealkylation sites (tertiary alicyclic amines) is 1. The van der Waals surface area contributed by atoms with Crippen molar-refractivity contribution in [1.29, 1.82) is 0 Å². The van der Waals surface area contributed by atoms with Crippen molar-refractivity contribution < 1.29 is 13.2 Å². The van der Waals surface area contributed by atoms with Gasteiger partial charge in [0.2, 0.25) is 0 Å². The fourth-order valence-electron chi connectivity index (χ4n) is 2.77. The lowest BCUT2D eigenvalue weighted by Crippen LogP contribution is -2.28. The Kier molecular flexibility index (Phi) is 3.71. The summed E-state index contributed by atoms with van der Waals surface area (Å²) in [4.78, 5) is 2.38. The molecule has 1 atom stereocenters. The van der Waals surface area contributed by atoms with Crippen molar-refractivity contribution in [1.82, 2.24) is 4.90 Å². The van der Waals surface area contributed by atoms with E-state index in [-0.39, 0.29) is 11.7 Å². The SMILES string of the molecule is FC(F)(F)c1cc(Br)ccc1NC1CCN(C2CC2)C1. The summed E-state index contributed by atoms with van der Waals surface area (Å²) in [7, 11) is 0. The summed E-state index contributed by atoms with van der Waals surface area (Å²) in [5.74, 6) is 0. The number of nitrogens with zero attached hydrogens (tertiary/aromatic N) is 1. The molecule has 1 aliphatic carbocycles. The minimum atomic E-state index is -4.33. The van der Waals surface area contributed by atoms with Crippen molar-refractivity contribution in [2.75, 3.05) is 18.4 Å². The van der Waals surface area contributed by atoms with Gasteiger partial charge in [-0.2, -0.15) is 13.2 Å². The van der Waals surface area contributed by atoms with E-state index >= 15 is 0 Å². The van der Waals surface area contributed by atoms with Crippen LogP contribution >= 0.6 is 15.9 Å². The molecule has 1 heterocycles. The summed E-state index contributed by atoms with van der Waals surface area (Å²) in [5.41, 5.74) is -0.417. The lowest BCUT2D eigenvalue weighted by molar-refractivity contribution is -0.137. The molecule has 110 valence electrons. The Balaban J connectivity index is 1.74. The van der Waals surface area contributed by atoms with E-state index in [4.69, 9.17) is 0 Å². The molecule has 1 aliphatic heterocycles. The molecule has 1 aromatic rings. The monoisotopic (exact) mass is 348 g/mol. The Morgan fingerprint density at radius 1 is 1.20 bits per heavy atom. The second-order valence-electron chi connectivity index (χ2n) is 5.54. The molecule has 20 heavy (non-hydrogen) atoms. The minimum absolute atomic E-state index is 0.109. The van der Waals surface area contributed by atoms with Gasteiger partial charge >= 0.3 is 6.18 Å². The van der Waals surface area contributed by atoms with Gasteiger partial charge in [-0.3, -0.25) is 4.90 Å². The van der Waals surface area contributed by atoms with Gasteiger partial charge in [-0.15, -0.1) is 0 Å². The molecule has 1 aromatic carbocycles. The number of anilines is 1. The van der Waals surface area contributed by atoms with Crippen LogP contribution in [0.3, 0.4) is 0 Å². The number of hydrogen-bond donors (Lipinski definition) is 1. The third-order valence-electron chi connectivity index (χ3n) is 3.93. The van der Waals surface area contributed by atoms with Crippen molar-refractivity contribution in [3.8, 4) is 0 Å². The van der Waals surface area contributed by atoms with Crippen molar-refractivity contribution in [3.63, 3.8) is 0 Å². The van der Waals surface area contributed by atoms with Gasteiger partial charge in [0, 0.05) is 35.3 Å². The maximum atomic E-state index is 13.0. The van der Waals surface area contributed by atoms with Gasteiger partial charge in [0.25, 0.3) is 0 Å². The Labute approximate surface area is 124 Å².